The molecule has 1 heterocycles. The summed E-state index contributed by atoms with van der Waals surface area (Å²) in [4.78, 5) is 40.2. The molecular formula is C33H44O8. The lowest BCUT2D eigenvalue weighted by atomic mass is 9.96. The van der Waals surface area contributed by atoms with Gasteiger partial charge in [0.25, 0.3) is 0 Å². The molecule has 0 aliphatic carbocycles. The summed E-state index contributed by atoms with van der Waals surface area (Å²) >= 11 is 0. The van der Waals surface area contributed by atoms with Crippen LogP contribution in [0.15, 0.2) is 24.3 Å². The average Bonchev–Trinajstić information content (AvgIpc) is 2.86. The summed E-state index contributed by atoms with van der Waals surface area (Å²) in [6.45, 7) is 16.9. The molecule has 0 amide bonds. The van der Waals surface area contributed by atoms with Crippen LogP contribution in [0.5, 0.6) is 0 Å². The van der Waals surface area contributed by atoms with Gasteiger partial charge in [0.1, 0.15) is 0 Å². The second-order valence-electron chi connectivity index (χ2n) is 11.4. The molecule has 1 aliphatic heterocycles. The summed E-state index contributed by atoms with van der Waals surface area (Å²) in [5.41, 5.74) is 5.85. The number of esters is 3. The third-order valence-electron chi connectivity index (χ3n) is 7.69. The summed E-state index contributed by atoms with van der Waals surface area (Å²) in [7, 11) is 1.42. The van der Waals surface area contributed by atoms with Crippen LogP contribution in [0.25, 0.3) is 0 Å². The molecule has 2 aromatic rings. The van der Waals surface area contributed by atoms with Crippen LogP contribution in [0.1, 0.15) is 87.7 Å². The molecule has 0 radical (unpaired) electrons. The zero-order valence-corrected chi connectivity index (χ0v) is 26.0. The van der Waals surface area contributed by atoms with Crippen molar-refractivity contribution in [3.8, 4) is 0 Å². The topological polar surface area (TPSA) is 97.4 Å². The van der Waals surface area contributed by atoms with Crippen molar-refractivity contribution in [3.63, 3.8) is 0 Å². The molecule has 41 heavy (non-hydrogen) atoms. The molecule has 0 saturated carbocycles. The van der Waals surface area contributed by atoms with Gasteiger partial charge in [-0.15, -0.1) is 0 Å². The van der Waals surface area contributed by atoms with Crippen molar-refractivity contribution >= 4 is 17.9 Å². The van der Waals surface area contributed by atoms with Gasteiger partial charge in [0.05, 0.1) is 17.2 Å². The summed E-state index contributed by atoms with van der Waals surface area (Å²) in [5, 5.41) is 0. The van der Waals surface area contributed by atoms with E-state index in [-0.39, 0.29) is 12.3 Å². The zero-order valence-electron chi connectivity index (χ0n) is 26.0. The van der Waals surface area contributed by atoms with E-state index in [4.69, 9.17) is 23.7 Å². The number of aryl methyl sites for hydroxylation is 6. The van der Waals surface area contributed by atoms with E-state index in [9.17, 15) is 14.4 Å². The fourth-order valence-electron chi connectivity index (χ4n) is 5.58. The Morgan fingerprint density at radius 1 is 0.756 bits per heavy atom. The maximum atomic E-state index is 13.7. The number of rotatable bonds is 9. The Bertz CT molecular complexity index is 1240. The molecule has 1 saturated heterocycles. The summed E-state index contributed by atoms with van der Waals surface area (Å²) in [6, 6.07) is 7.60. The quantitative estimate of drug-likeness (QED) is 0.267. The maximum Gasteiger partial charge on any atom is 0.339 e. The number of hydrogen-bond acceptors (Lipinski definition) is 8. The Kier molecular flexibility index (Phi) is 10.7. The highest BCUT2D eigenvalue weighted by Gasteiger charge is 2.51. The van der Waals surface area contributed by atoms with Crippen LogP contribution < -0.4 is 0 Å². The molecule has 8 nitrogen and oxygen atoms in total. The first kappa shape index (κ1) is 32.3. The van der Waals surface area contributed by atoms with E-state index < -0.39 is 48.6 Å². The molecule has 0 bridgehead atoms. The lowest BCUT2D eigenvalue weighted by molar-refractivity contribution is -0.287. The Balaban J connectivity index is 2.04. The van der Waals surface area contributed by atoms with E-state index in [1.165, 1.54) is 7.11 Å². The van der Waals surface area contributed by atoms with Gasteiger partial charge in [-0.05, 0) is 76.6 Å². The van der Waals surface area contributed by atoms with E-state index >= 15 is 0 Å². The number of methoxy groups -OCH3 is 1. The Morgan fingerprint density at radius 2 is 1.20 bits per heavy atom. The molecule has 0 unspecified atom stereocenters. The van der Waals surface area contributed by atoms with Gasteiger partial charge in [0.15, 0.2) is 24.6 Å². The standard InChI is InChI=1S/C33H44O8/c1-11-17(2)16-25(34)39-28-24(9)38-33(37-10)30(41-32(36)27-22(7)14-19(4)15-23(27)8)29(28)40-31(35)26-20(5)12-18(3)13-21(26)6/h12-15,17,24,28-30,33H,11,16H2,1-10H3/t17-,24-,28-,29+,30-,33+/m1/s1. The Labute approximate surface area is 243 Å². The third-order valence-corrected chi connectivity index (χ3v) is 7.69. The molecule has 1 fully saturated rings. The van der Waals surface area contributed by atoms with Crippen molar-refractivity contribution in [2.75, 3.05) is 7.11 Å². The Morgan fingerprint density at radius 3 is 1.61 bits per heavy atom. The van der Waals surface area contributed by atoms with Crippen LogP contribution in [-0.2, 0) is 28.5 Å². The van der Waals surface area contributed by atoms with Crippen LogP contribution in [0, 0.1) is 47.5 Å². The molecular weight excluding hydrogens is 524 g/mol. The molecule has 6 atom stereocenters. The first-order valence-electron chi connectivity index (χ1n) is 14.2. The minimum absolute atomic E-state index is 0.106. The van der Waals surface area contributed by atoms with Crippen molar-refractivity contribution in [2.45, 2.75) is 106 Å². The smallest absolute Gasteiger partial charge is 0.339 e. The van der Waals surface area contributed by atoms with Crippen molar-refractivity contribution in [3.05, 3.63) is 68.8 Å². The van der Waals surface area contributed by atoms with Crippen LogP contribution >= 0.6 is 0 Å². The predicted octanol–water partition coefficient (Wildman–Crippen LogP) is 6.03. The minimum atomic E-state index is -1.21. The number of carbonyl (C=O) groups is 3. The number of benzene rings is 2. The number of hydrogen-bond donors (Lipinski definition) is 0. The summed E-state index contributed by atoms with van der Waals surface area (Å²) < 4.78 is 29.6. The third kappa shape index (κ3) is 7.54. The van der Waals surface area contributed by atoms with Crippen molar-refractivity contribution in [1.82, 2.24) is 0 Å². The van der Waals surface area contributed by atoms with E-state index in [0.717, 1.165) is 39.8 Å². The molecule has 2 aromatic carbocycles. The van der Waals surface area contributed by atoms with Crippen LogP contribution in [0.2, 0.25) is 0 Å². The van der Waals surface area contributed by atoms with Gasteiger partial charge < -0.3 is 23.7 Å². The highest BCUT2D eigenvalue weighted by molar-refractivity contribution is 5.94. The van der Waals surface area contributed by atoms with Gasteiger partial charge in [-0.3, -0.25) is 4.79 Å². The largest absolute Gasteiger partial charge is 0.455 e. The lowest BCUT2D eigenvalue weighted by Gasteiger charge is -2.43. The van der Waals surface area contributed by atoms with Gasteiger partial charge >= 0.3 is 17.9 Å². The van der Waals surface area contributed by atoms with E-state index in [0.29, 0.717) is 11.1 Å². The minimum Gasteiger partial charge on any atom is -0.455 e. The number of ether oxygens (including phenoxy) is 5. The van der Waals surface area contributed by atoms with Crippen LogP contribution in [0.3, 0.4) is 0 Å². The fraction of sp³-hybridized carbons (Fsp3) is 0.545. The summed E-state index contributed by atoms with van der Waals surface area (Å²) in [6.07, 6.45) is -4.22. The highest BCUT2D eigenvalue weighted by Crippen LogP contribution is 2.32. The molecule has 8 heteroatoms. The monoisotopic (exact) mass is 568 g/mol. The normalized spacial score (nSPS) is 23.0. The van der Waals surface area contributed by atoms with Crippen LogP contribution in [-0.4, -0.2) is 55.7 Å². The zero-order chi connectivity index (χ0) is 30.6. The first-order chi connectivity index (χ1) is 19.3. The second kappa shape index (κ2) is 13.6. The van der Waals surface area contributed by atoms with Crippen molar-refractivity contribution < 1.29 is 38.1 Å². The molecule has 0 N–H and O–H groups in total. The molecule has 0 aromatic heterocycles. The summed E-state index contributed by atoms with van der Waals surface area (Å²) in [5.74, 6) is -1.57. The van der Waals surface area contributed by atoms with Gasteiger partial charge in [-0.25, -0.2) is 9.59 Å². The number of carbonyl (C=O) groups excluding carboxylic acids is 3. The van der Waals surface area contributed by atoms with Gasteiger partial charge in [0, 0.05) is 13.5 Å². The van der Waals surface area contributed by atoms with Crippen molar-refractivity contribution in [1.29, 1.82) is 0 Å². The van der Waals surface area contributed by atoms with Gasteiger partial charge in [0.2, 0.25) is 0 Å². The van der Waals surface area contributed by atoms with Gasteiger partial charge in [-0.2, -0.15) is 0 Å². The van der Waals surface area contributed by atoms with E-state index in [1.54, 1.807) is 6.92 Å². The van der Waals surface area contributed by atoms with E-state index in [2.05, 4.69) is 0 Å². The molecule has 1 aliphatic rings. The highest BCUT2D eigenvalue weighted by atomic mass is 16.7. The fourth-order valence-corrected chi connectivity index (χ4v) is 5.58. The second-order valence-corrected chi connectivity index (χ2v) is 11.4. The molecule has 3 rings (SSSR count). The SMILES string of the molecule is CC[C@@H](C)CC(=O)O[C@H]1[C@H](OC(=O)c2c(C)cc(C)cc2C)[C@@H](OC(=O)c2c(C)cc(C)cc2C)[C@@H](OC)O[C@@H]1C. The lowest BCUT2D eigenvalue weighted by Crippen LogP contribution is -2.61. The molecule has 0 spiro atoms. The average molecular weight is 569 g/mol. The Hall–Kier alpha value is -3.23. The van der Waals surface area contributed by atoms with Crippen molar-refractivity contribution in [2.24, 2.45) is 5.92 Å². The first-order valence-corrected chi connectivity index (χ1v) is 14.2. The molecule has 224 valence electrons. The van der Waals surface area contributed by atoms with E-state index in [1.807, 2.05) is 79.7 Å². The predicted molar refractivity (Wildman–Crippen MR) is 155 cm³/mol. The van der Waals surface area contributed by atoms with Crippen LogP contribution in [0.4, 0.5) is 0 Å². The maximum absolute atomic E-state index is 13.7. The van der Waals surface area contributed by atoms with Gasteiger partial charge in [-0.1, -0.05) is 55.7 Å².